The molecule has 2 aromatic rings. The lowest BCUT2D eigenvalue weighted by atomic mass is 10.1. The zero-order valence-corrected chi connectivity index (χ0v) is 13.3. The van der Waals surface area contributed by atoms with Crippen LogP contribution in [0, 0.1) is 5.92 Å². The van der Waals surface area contributed by atoms with Crippen LogP contribution < -0.4 is 4.90 Å². The Kier molecular flexibility index (Phi) is 3.41. The Labute approximate surface area is 130 Å². The molecule has 118 valence electrons. The fourth-order valence-electron chi connectivity index (χ4n) is 3.22. The average Bonchev–Trinajstić information content (AvgIpc) is 2.89. The van der Waals surface area contributed by atoms with Gasteiger partial charge in [-0.3, -0.25) is 4.57 Å². The predicted molar refractivity (Wildman–Crippen MR) is 84.8 cm³/mol. The minimum Gasteiger partial charge on any atom is -0.381 e. The summed E-state index contributed by atoms with van der Waals surface area (Å²) in [7, 11) is 4.19. The Morgan fingerprint density at radius 3 is 2.82 bits per heavy atom. The van der Waals surface area contributed by atoms with Gasteiger partial charge in [-0.15, -0.1) is 10.2 Å². The summed E-state index contributed by atoms with van der Waals surface area (Å²) < 4.78 is 9.94. The molecule has 22 heavy (non-hydrogen) atoms. The number of ether oxygens (including phenoxy) is 1. The van der Waals surface area contributed by atoms with E-state index in [9.17, 15) is 0 Å². The number of aromatic nitrogens is 4. The van der Waals surface area contributed by atoms with Gasteiger partial charge in [-0.2, -0.15) is 0 Å². The van der Waals surface area contributed by atoms with Gasteiger partial charge in [-0.1, -0.05) is 0 Å². The number of rotatable bonds is 5. The molecule has 6 nitrogen and oxygen atoms in total. The van der Waals surface area contributed by atoms with Gasteiger partial charge in [-0.25, -0.2) is 0 Å². The van der Waals surface area contributed by atoms with E-state index in [4.69, 9.17) is 4.74 Å². The molecule has 0 N–H and O–H groups in total. The molecule has 1 saturated heterocycles. The van der Waals surface area contributed by atoms with Gasteiger partial charge in [0.2, 0.25) is 5.95 Å². The third-order valence-electron chi connectivity index (χ3n) is 4.78. The van der Waals surface area contributed by atoms with E-state index in [-0.39, 0.29) is 0 Å². The molecule has 0 bridgehead atoms. The highest BCUT2D eigenvalue weighted by molar-refractivity contribution is 5.54. The second kappa shape index (κ2) is 5.43. The van der Waals surface area contributed by atoms with Gasteiger partial charge >= 0.3 is 0 Å². The zero-order chi connectivity index (χ0) is 15.1. The lowest BCUT2D eigenvalue weighted by molar-refractivity contribution is 0.182. The van der Waals surface area contributed by atoms with E-state index < -0.39 is 0 Å². The van der Waals surface area contributed by atoms with Gasteiger partial charge < -0.3 is 14.2 Å². The molecule has 4 rings (SSSR count). The van der Waals surface area contributed by atoms with Crippen molar-refractivity contribution in [2.24, 2.45) is 13.0 Å². The van der Waals surface area contributed by atoms with Crippen molar-refractivity contribution in [1.82, 2.24) is 19.3 Å². The minimum absolute atomic E-state index is 0.557. The molecule has 1 aliphatic carbocycles. The Hall–Kier alpha value is -1.82. The molecule has 1 aliphatic heterocycles. The number of aryl methyl sites for hydroxylation is 1. The van der Waals surface area contributed by atoms with Crippen LogP contribution in [0.2, 0.25) is 0 Å². The first kappa shape index (κ1) is 13.8. The molecule has 3 heterocycles. The number of hydrogen-bond acceptors (Lipinski definition) is 4. The molecule has 0 spiro atoms. The third kappa shape index (κ3) is 2.41. The van der Waals surface area contributed by atoms with Crippen LogP contribution in [0.3, 0.4) is 0 Å². The van der Waals surface area contributed by atoms with Gasteiger partial charge in [0.05, 0.1) is 12.3 Å². The van der Waals surface area contributed by atoms with Crippen LogP contribution in [0.25, 0.3) is 11.5 Å². The number of anilines is 1. The van der Waals surface area contributed by atoms with E-state index >= 15 is 0 Å². The fourth-order valence-corrected chi connectivity index (χ4v) is 3.22. The van der Waals surface area contributed by atoms with E-state index in [0.29, 0.717) is 12.0 Å². The average molecular weight is 301 g/mol. The normalized spacial score (nSPS) is 21.5. The Bertz CT molecular complexity index is 651. The van der Waals surface area contributed by atoms with Gasteiger partial charge in [-0.05, 0) is 31.4 Å². The van der Waals surface area contributed by atoms with Gasteiger partial charge in [0.1, 0.15) is 0 Å². The van der Waals surface area contributed by atoms with Crippen molar-refractivity contribution in [3.63, 3.8) is 0 Å². The number of hydrogen-bond donors (Lipinski definition) is 0. The SMILES string of the molecule is CN(c1nnc(-c2cccn2C)n1CC1CCOC1)C1CC1. The Balaban J connectivity index is 1.72. The quantitative estimate of drug-likeness (QED) is 0.846. The van der Waals surface area contributed by atoms with Gasteiger partial charge in [0, 0.05) is 45.4 Å². The highest BCUT2D eigenvalue weighted by Crippen LogP contribution is 2.32. The predicted octanol–water partition coefficient (Wildman–Crippen LogP) is 1.92. The second-order valence-electron chi connectivity index (χ2n) is 6.51. The van der Waals surface area contributed by atoms with Crippen molar-refractivity contribution in [3.8, 4) is 11.5 Å². The first-order chi connectivity index (χ1) is 10.7. The van der Waals surface area contributed by atoms with Crippen molar-refractivity contribution in [1.29, 1.82) is 0 Å². The van der Waals surface area contributed by atoms with Crippen LogP contribution >= 0.6 is 0 Å². The van der Waals surface area contributed by atoms with E-state index in [0.717, 1.165) is 43.6 Å². The fraction of sp³-hybridized carbons (Fsp3) is 0.625. The van der Waals surface area contributed by atoms with Crippen LogP contribution in [-0.2, 0) is 18.3 Å². The lowest BCUT2D eigenvalue weighted by Crippen LogP contribution is -2.25. The van der Waals surface area contributed by atoms with Crippen molar-refractivity contribution >= 4 is 5.95 Å². The second-order valence-corrected chi connectivity index (χ2v) is 6.51. The zero-order valence-electron chi connectivity index (χ0n) is 13.3. The van der Waals surface area contributed by atoms with Crippen molar-refractivity contribution < 1.29 is 4.74 Å². The molecule has 6 heteroatoms. The maximum atomic E-state index is 5.55. The largest absolute Gasteiger partial charge is 0.381 e. The standard InChI is InChI=1S/C16H23N5O/c1-19-8-3-4-14(19)15-17-18-16(20(2)13-5-6-13)21(15)10-12-7-9-22-11-12/h3-4,8,12-13H,5-7,9-11H2,1-2H3. The molecule has 2 aliphatic rings. The Morgan fingerprint density at radius 1 is 1.32 bits per heavy atom. The molecule has 2 fully saturated rings. The highest BCUT2D eigenvalue weighted by Gasteiger charge is 2.31. The summed E-state index contributed by atoms with van der Waals surface area (Å²) >= 11 is 0. The van der Waals surface area contributed by atoms with Crippen molar-refractivity contribution in [3.05, 3.63) is 18.3 Å². The van der Waals surface area contributed by atoms with Crippen LogP contribution in [-0.4, -0.2) is 45.6 Å². The molecular weight excluding hydrogens is 278 g/mol. The first-order valence-electron chi connectivity index (χ1n) is 8.09. The monoisotopic (exact) mass is 301 g/mol. The maximum absolute atomic E-state index is 5.55. The third-order valence-corrected chi connectivity index (χ3v) is 4.78. The van der Waals surface area contributed by atoms with E-state index in [1.54, 1.807) is 0 Å². The summed E-state index contributed by atoms with van der Waals surface area (Å²) in [6, 6.07) is 4.79. The molecule has 2 aromatic heterocycles. The summed E-state index contributed by atoms with van der Waals surface area (Å²) in [5.41, 5.74) is 1.11. The molecule has 0 aromatic carbocycles. The minimum atomic E-state index is 0.557. The van der Waals surface area contributed by atoms with Crippen LogP contribution in [0.1, 0.15) is 19.3 Å². The van der Waals surface area contributed by atoms with Gasteiger partial charge in [0.15, 0.2) is 5.82 Å². The van der Waals surface area contributed by atoms with Crippen LogP contribution in [0.5, 0.6) is 0 Å². The van der Waals surface area contributed by atoms with E-state index in [1.165, 1.54) is 12.8 Å². The summed E-state index contributed by atoms with van der Waals surface area (Å²) in [6.07, 6.45) is 5.69. The summed E-state index contributed by atoms with van der Waals surface area (Å²) in [5.74, 6) is 2.51. The van der Waals surface area contributed by atoms with Crippen LogP contribution in [0.4, 0.5) is 5.95 Å². The van der Waals surface area contributed by atoms with E-state index in [2.05, 4.69) is 56.7 Å². The molecule has 1 atom stereocenters. The van der Waals surface area contributed by atoms with Crippen LogP contribution in [0.15, 0.2) is 18.3 Å². The molecule has 1 unspecified atom stereocenters. The molecule has 1 saturated carbocycles. The topological polar surface area (TPSA) is 48.1 Å². The van der Waals surface area contributed by atoms with Crippen molar-refractivity contribution in [2.45, 2.75) is 31.8 Å². The van der Waals surface area contributed by atoms with Crippen molar-refractivity contribution in [2.75, 3.05) is 25.2 Å². The van der Waals surface area contributed by atoms with E-state index in [1.807, 2.05) is 0 Å². The molecule has 0 amide bonds. The number of nitrogens with zero attached hydrogens (tertiary/aromatic N) is 5. The lowest BCUT2D eigenvalue weighted by Gasteiger charge is -2.21. The maximum Gasteiger partial charge on any atom is 0.227 e. The first-order valence-corrected chi connectivity index (χ1v) is 8.09. The van der Waals surface area contributed by atoms with Gasteiger partial charge in [0.25, 0.3) is 0 Å². The summed E-state index contributed by atoms with van der Waals surface area (Å²) in [4.78, 5) is 2.29. The molecular formula is C16H23N5O. The Morgan fingerprint density at radius 2 is 2.18 bits per heavy atom. The smallest absolute Gasteiger partial charge is 0.227 e. The highest BCUT2D eigenvalue weighted by atomic mass is 16.5. The molecule has 0 radical (unpaired) electrons. The summed E-state index contributed by atoms with van der Waals surface area (Å²) in [6.45, 7) is 2.65. The summed E-state index contributed by atoms with van der Waals surface area (Å²) in [5, 5.41) is 9.00.